The molecule has 1 aromatic carbocycles. The van der Waals surface area contributed by atoms with Crippen LogP contribution in [0.1, 0.15) is 23.0 Å². The van der Waals surface area contributed by atoms with Gasteiger partial charge in [0.05, 0.1) is 5.75 Å². The predicted molar refractivity (Wildman–Crippen MR) is 86.6 cm³/mol. The molecule has 0 aliphatic carbocycles. The molecule has 0 spiro atoms. The molecule has 0 unspecified atom stereocenters. The molecule has 0 aliphatic rings. The number of thioether (sulfide) groups is 1. The predicted octanol–water partition coefficient (Wildman–Crippen LogP) is 2.33. The minimum atomic E-state index is -4.43. The van der Waals surface area contributed by atoms with Gasteiger partial charge in [0, 0.05) is 11.4 Å². The van der Waals surface area contributed by atoms with Crippen LogP contribution in [0.5, 0.6) is 0 Å². The highest BCUT2D eigenvalue weighted by atomic mass is 32.2. The van der Waals surface area contributed by atoms with Crippen molar-refractivity contribution in [3.05, 3.63) is 50.0 Å². The van der Waals surface area contributed by atoms with Gasteiger partial charge in [-0.25, -0.2) is 9.18 Å². The Labute approximate surface area is 148 Å². The van der Waals surface area contributed by atoms with E-state index in [-0.39, 0.29) is 23.3 Å². The fourth-order valence-corrected chi connectivity index (χ4v) is 2.96. The Morgan fingerprint density at radius 1 is 1.27 bits per heavy atom. The Kier molecular flexibility index (Phi) is 5.69. The molecule has 2 aromatic rings. The zero-order valence-electron chi connectivity index (χ0n) is 13.6. The van der Waals surface area contributed by atoms with Crippen molar-refractivity contribution in [3.8, 4) is 5.69 Å². The number of carbonyl (C=O) groups is 1. The maximum atomic E-state index is 14.3. The van der Waals surface area contributed by atoms with Crippen LogP contribution in [0.15, 0.2) is 26.6 Å². The quantitative estimate of drug-likeness (QED) is 0.444. The Hall–Kier alpha value is -2.43. The van der Waals surface area contributed by atoms with Crippen LogP contribution in [-0.2, 0) is 6.54 Å². The number of benzene rings is 1. The number of halogens is 4. The number of hydrogen-bond acceptors (Lipinski definition) is 5. The van der Waals surface area contributed by atoms with Crippen molar-refractivity contribution in [2.75, 3.05) is 5.75 Å². The third kappa shape index (κ3) is 4.03. The highest BCUT2D eigenvalue weighted by Gasteiger charge is 2.28. The van der Waals surface area contributed by atoms with Crippen molar-refractivity contribution >= 4 is 18.0 Å². The average Bonchev–Trinajstić information content (AvgIpc) is 2.54. The van der Waals surface area contributed by atoms with Crippen molar-refractivity contribution in [1.82, 2.24) is 14.3 Å². The molecule has 0 aliphatic heterocycles. The van der Waals surface area contributed by atoms with Gasteiger partial charge in [-0.3, -0.25) is 14.2 Å². The molecule has 140 valence electrons. The molecule has 1 aromatic heterocycles. The van der Waals surface area contributed by atoms with E-state index in [0.717, 1.165) is 12.1 Å². The lowest BCUT2D eigenvalue weighted by atomic mass is 10.2. The SMILES string of the molecule is CCn1c(=O)c(C=O)nn(-c2cc(SCC(F)(F)F)c(C)cc2F)c1=O. The van der Waals surface area contributed by atoms with Crippen molar-refractivity contribution in [2.24, 2.45) is 0 Å². The van der Waals surface area contributed by atoms with Crippen LogP contribution >= 0.6 is 11.8 Å². The molecule has 1 heterocycles. The van der Waals surface area contributed by atoms with Gasteiger partial charge >= 0.3 is 11.9 Å². The Bertz CT molecular complexity index is 966. The number of aromatic nitrogens is 3. The Balaban J connectivity index is 2.67. The summed E-state index contributed by atoms with van der Waals surface area (Å²) >= 11 is 0.428. The fraction of sp³-hybridized carbons (Fsp3) is 0.333. The minimum Gasteiger partial charge on any atom is -0.296 e. The Morgan fingerprint density at radius 3 is 2.46 bits per heavy atom. The van der Waals surface area contributed by atoms with Gasteiger partial charge in [0.2, 0.25) is 0 Å². The largest absolute Gasteiger partial charge is 0.398 e. The van der Waals surface area contributed by atoms with E-state index in [2.05, 4.69) is 5.10 Å². The van der Waals surface area contributed by atoms with Gasteiger partial charge in [0.15, 0.2) is 12.0 Å². The van der Waals surface area contributed by atoms with Gasteiger partial charge in [-0.2, -0.15) is 23.0 Å². The average molecular weight is 391 g/mol. The first-order valence-corrected chi connectivity index (χ1v) is 8.27. The van der Waals surface area contributed by atoms with E-state index in [1.54, 1.807) is 0 Å². The number of hydrogen-bond donors (Lipinski definition) is 0. The zero-order valence-corrected chi connectivity index (χ0v) is 14.4. The van der Waals surface area contributed by atoms with Crippen LogP contribution in [0.3, 0.4) is 0 Å². The van der Waals surface area contributed by atoms with E-state index in [1.807, 2.05) is 0 Å². The molecule has 0 amide bonds. The second kappa shape index (κ2) is 7.44. The number of alkyl halides is 3. The van der Waals surface area contributed by atoms with Crippen LogP contribution in [-0.4, -0.2) is 32.6 Å². The summed E-state index contributed by atoms with van der Waals surface area (Å²) < 4.78 is 52.8. The molecule has 2 rings (SSSR count). The third-order valence-corrected chi connectivity index (χ3v) is 4.60. The monoisotopic (exact) mass is 391 g/mol. The number of nitrogens with zero attached hydrogens (tertiary/aromatic N) is 3. The summed E-state index contributed by atoms with van der Waals surface area (Å²) in [5, 5.41) is 3.54. The molecule has 11 heteroatoms. The van der Waals surface area contributed by atoms with E-state index < -0.39 is 40.4 Å². The summed E-state index contributed by atoms with van der Waals surface area (Å²) in [6.45, 7) is 2.80. The van der Waals surface area contributed by atoms with Crippen molar-refractivity contribution < 1.29 is 22.4 Å². The first-order chi connectivity index (χ1) is 12.1. The van der Waals surface area contributed by atoms with Crippen LogP contribution in [0.4, 0.5) is 17.6 Å². The number of rotatable bonds is 5. The van der Waals surface area contributed by atoms with Crippen LogP contribution < -0.4 is 11.2 Å². The maximum Gasteiger partial charge on any atom is 0.398 e. The summed E-state index contributed by atoms with van der Waals surface area (Å²) in [5.41, 5.74) is -2.75. The molecule has 0 radical (unpaired) electrons. The van der Waals surface area contributed by atoms with Crippen LogP contribution in [0.2, 0.25) is 0 Å². The Morgan fingerprint density at radius 2 is 1.92 bits per heavy atom. The molecule has 6 nitrogen and oxygen atoms in total. The number of carbonyl (C=O) groups excluding carboxylic acids is 1. The second-order valence-corrected chi connectivity index (χ2v) is 6.24. The van der Waals surface area contributed by atoms with Crippen molar-refractivity contribution in [3.63, 3.8) is 0 Å². The van der Waals surface area contributed by atoms with Crippen molar-refractivity contribution in [1.29, 1.82) is 0 Å². The molecule has 0 atom stereocenters. The highest BCUT2D eigenvalue weighted by Crippen LogP contribution is 2.31. The van der Waals surface area contributed by atoms with E-state index in [4.69, 9.17) is 0 Å². The lowest BCUT2D eigenvalue weighted by Gasteiger charge is -2.13. The fourth-order valence-electron chi connectivity index (χ4n) is 2.16. The topological polar surface area (TPSA) is 74.0 Å². The maximum absolute atomic E-state index is 14.3. The zero-order chi connectivity index (χ0) is 19.6. The summed E-state index contributed by atoms with van der Waals surface area (Å²) in [6.07, 6.45) is -4.31. The van der Waals surface area contributed by atoms with Crippen molar-refractivity contribution in [2.45, 2.75) is 31.5 Å². The first-order valence-electron chi connectivity index (χ1n) is 7.28. The van der Waals surface area contributed by atoms with Gasteiger partial charge in [0.25, 0.3) is 5.56 Å². The highest BCUT2D eigenvalue weighted by molar-refractivity contribution is 7.99. The standard InChI is InChI=1S/C15H13F4N3O3S/c1-3-21-13(24)10(6-23)20-22(14(21)25)11-5-12(8(2)4-9(11)16)26-7-15(17,18)19/h4-6H,3,7H2,1-2H3. The van der Waals surface area contributed by atoms with Crippen LogP contribution in [0.25, 0.3) is 5.69 Å². The molecule has 26 heavy (non-hydrogen) atoms. The summed E-state index contributed by atoms with van der Waals surface area (Å²) in [6, 6.07) is 2.00. The number of aldehydes is 1. The molecule has 0 fully saturated rings. The van der Waals surface area contributed by atoms with E-state index in [1.165, 1.54) is 13.8 Å². The van der Waals surface area contributed by atoms with E-state index >= 15 is 0 Å². The summed E-state index contributed by atoms with van der Waals surface area (Å²) in [4.78, 5) is 35.3. The molecule has 0 bridgehead atoms. The van der Waals surface area contributed by atoms with Gasteiger partial charge < -0.3 is 0 Å². The van der Waals surface area contributed by atoms with E-state index in [9.17, 15) is 31.9 Å². The third-order valence-electron chi connectivity index (χ3n) is 3.38. The lowest BCUT2D eigenvalue weighted by Crippen LogP contribution is -2.42. The van der Waals surface area contributed by atoms with Gasteiger partial charge in [-0.05, 0) is 31.5 Å². The normalized spacial score (nSPS) is 11.6. The summed E-state index contributed by atoms with van der Waals surface area (Å²) in [5.74, 6) is -2.12. The molecular formula is C15H13F4N3O3S. The van der Waals surface area contributed by atoms with Gasteiger partial charge in [0.1, 0.15) is 11.5 Å². The van der Waals surface area contributed by atoms with Gasteiger partial charge in [-0.1, -0.05) is 0 Å². The first kappa shape index (κ1) is 19.9. The number of aryl methyl sites for hydroxylation is 1. The molecule has 0 N–H and O–H groups in total. The molecule has 0 saturated carbocycles. The smallest absolute Gasteiger partial charge is 0.296 e. The molecular weight excluding hydrogens is 378 g/mol. The molecule has 0 saturated heterocycles. The van der Waals surface area contributed by atoms with Crippen LogP contribution in [0, 0.1) is 12.7 Å². The van der Waals surface area contributed by atoms with Gasteiger partial charge in [-0.15, -0.1) is 11.8 Å². The lowest BCUT2D eigenvalue weighted by molar-refractivity contribution is -0.105. The van der Waals surface area contributed by atoms with E-state index in [0.29, 0.717) is 21.0 Å². The summed E-state index contributed by atoms with van der Waals surface area (Å²) in [7, 11) is 0. The second-order valence-electron chi connectivity index (χ2n) is 5.22. The minimum absolute atomic E-state index is 0.0920.